The van der Waals surface area contributed by atoms with Crippen LogP contribution in [0.25, 0.3) is 0 Å². The lowest BCUT2D eigenvalue weighted by molar-refractivity contribution is 0.147. The third kappa shape index (κ3) is 12.5. The van der Waals surface area contributed by atoms with Gasteiger partial charge in [-0.3, -0.25) is 0 Å². The fraction of sp³-hybridized carbons (Fsp3) is 0.875. The van der Waals surface area contributed by atoms with Gasteiger partial charge in [-0.25, -0.2) is 4.79 Å². The number of alkyl carbamates (subject to hydrolysis) is 1. The van der Waals surface area contributed by atoms with Crippen LogP contribution in [0.2, 0.25) is 0 Å². The maximum atomic E-state index is 10.4. The molecule has 0 saturated heterocycles. The van der Waals surface area contributed by atoms with Crippen molar-refractivity contribution in [3.8, 4) is 0 Å². The third-order valence-corrected chi connectivity index (χ3v) is 0.935. The molecule has 3 nitrogen and oxygen atoms in total. The predicted molar refractivity (Wildman–Crippen MR) is 46.7 cm³/mol. The van der Waals surface area contributed by atoms with Crippen molar-refractivity contribution >= 4 is 6.09 Å². The number of amides is 1. The van der Waals surface area contributed by atoms with E-state index in [1.165, 1.54) is 0 Å². The van der Waals surface area contributed by atoms with Crippen LogP contribution in [0.4, 0.5) is 4.79 Å². The van der Waals surface area contributed by atoms with Gasteiger partial charge in [-0.1, -0.05) is 27.2 Å². The smallest absolute Gasteiger partial charge is 0.406 e. The molecule has 1 N–H and O–H groups in total. The van der Waals surface area contributed by atoms with E-state index in [-0.39, 0.29) is 6.09 Å². The maximum Gasteiger partial charge on any atom is 0.406 e. The largest absolute Gasteiger partial charge is 0.450 e. The summed E-state index contributed by atoms with van der Waals surface area (Å²) in [6.45, 7) is 6.57. The standard InChI is InChI=1S/C6H13NO2.C2H6/c1-3-4-5-9-6(8)7-2;1-2/h3-5H2,1-2H3,(H,7,8);1-2H3. The Morgan fingerprint density at radius 1 is 1.45 bits per heavy atom. The van der Waals surface area contributed by atoms with Crippen molar-refractivity contribution < 1.29 is 9.53 Å². The molecule has 0 aliphatic carbocycles. The maximum absolute atomic E-state index is 10.4. The Hall–Kier alpha value is -0.730. The third-order valence-electron chi connectivity index (χ3n) is 0.935. The van der Waals surface area contributed by atoms with E-state index in [0.717, 1.165) is 12.8 Å². The zero-order chi connectivity index (χ0) is 9.11. The molecular weight excluding hydrogens is 142 g/mol. The molecule has 0 unspecified atom stereocenters. The van der Waals surface area contributed by atoms with Crippen LogP contribution in [0, 0.1) is 0 Å². The minimum absolute atomic E-state index is 0.344. The summed E-state index contributed by atoms with van der Waals surface area (Å²) in [5.41, 5.74) is 0. The SMILES string of the molecule is CC.CCCCOC(=O)NC. The number of nitrogens with one attached hydrogen (secondary N) is 1. The fourth-order valence-electron chi connectivity index (χ4n) is 0.381. The van der Waals surface area contributed by atoms with Crippen molar-refractivity contribution in [1.82, 2.24) is 5.32 Å². The summed E-state index contributed by atoms with van der Waals surface area (Å²) in [5.74, 6) is 0. The Morgan fingerprint density at radius 2 is 2.00 bits per heavy atom. The van der Waals surface area contributed by atoms with Gasteiger partial charge in [0.2, 0.25) is 0 Å². The number of hydrogen-bond donors (Lipinski definition) is 1. The van der Waals surface area contributed by atoms with Crippen LogP contribution >= 0.6 is 0 Å². The molecule has 0 aromatic carbocycles. The molecule has 0 heterocycles. The van der Waals surface area contributed by atoms with Gasteiger partial charge >= 0.3 is 6.09 Å². The Balaban J connectivity index is 0. The fourth-order valence-corrected chi connectivity index (χ4v) is 0.381. The molecule has 0 radical (unpaired) electrons. The van der Waals surface area contributed by atoms with Gasteiger partial charge in [-0.05, 0) is 6.42 Å². The van der Waals surface area contributed by atoms with Gasteiger partial charge in [0, 0.05) is 7.05 Å². The minimum atomic E-state index is -0.344. The molecule has 0 saturated carbocycles. The normalized spacial score (nSPS) is 7.64. The molecule has 0 fully saturated rings. The highest BCUT2D eigenvalue weighted by atomic mass is 16.5. The van der Waals surface area contributed by atoms with Gasteiger partial charge in [0.05, 0.1) is 6.61 Å². The van der Waals surface area contributed by atoms with Crippen molar-refractivity contribution in [3.63, 3.8) is 0 Å². The summed E-state index contributed by atoms with van der Waals surface area (Å²) < 4.78 is 4.68. The Bertz CT molecular complexity index is 84.2. The predicted octanol–water partition coefficient (Wildman–Crippen LogP) is 2.17. The molecule has 0 rings (SSSR count). The number of carbonyl (C=O) groups excluding carboxylic acids is 1. The van der Waals surface area contributed by atoms with Crippen molar-refractivity contribution in [2.24, 2.45) is 0 Å². The molecule has 0 aliphatic rings. The average Bonchev–Trinajstić information content (AvgIpc) is 2.08. The van der Waals surface area contributed by atoms with Crippen LogP contribution in [-0.2, 0) is 4.74 Å². The number of unbranched alkanes of at least 4 members (excludes halogenated alkanes) is 1. The zero-order valence-electron chi connectivity index (χ0n) is 7.94. The van der Waals surface area contributed by atoms with Crippen LogP contribution in [0.1, 0.15) is 33.6 Å². The number of hydrogen-bond acceptors (Lipinski definition) is 2. The van der Waals surface area contributed by atoms with Crippen LogP contribution < -0.4 is 5.32 Å². The van der Waals surface area contributed by atoms with E-state index in [4.69, 9.17) is 0 Å². The number of carbonyl (C=O) groups is 1. The molecular formula is C8H19NO2. The van der Waals surface area contributed by atoms with Crippen molar-refractivity contribution in [2.45, 2.75) is 33.6 Å². The second kappa shape index (κ2) is 12.0. The van der Waals surface area contributed by atoms with E-state index in [2.05, 4.69) is 10.1 Å². The van der Waals surface area contributed by atoms with E-state index < -0.39 is 0 Å². The second-order valence-corrected chi connectivity index (χ2v) is 1.74. The highest BCUT2D eigenvalue weighted by molar-refractivity contribution is 5.66. The monoisotopic (exact) mass is 161 g/mol. The number of rotatable bonds is 3. The first kappa shape index (κ1) is 12.9. The van der Waals surface area contributed by atoms with E-state index in [0.29, 0.717) is 6.61 Å². The Morgan fingerprint density at radius 3 is 2.36 bits per heavy atom. The molecule has 1 amide bonds. The van der Waals surface area contributed by atoms with E-state index >= 15 is 0 Å². The van der Waals surface area contributed by atoms with Gasteiger partial charge < -0.3 is 10.1 Å². The first-order valence-electron chi connectivity index (χ1n) is 4.15. The summed E-state index contributed by atoms with van der Waals surface area (Å²) in [6.07, 6.45) is 1.65. The van der Waals surface area contributed by atoms with E-state index in [9.17, 15) is 4.79 Å². The average molecular weight is 161 g/mol. The van der Waals surface area contributed by atoms with Crippen molar-refractivity contribution in [1.29, 1.82) is 0 Å². The summed E-state index contributed by atoms with van der Waals surface area (Å²) in [4.78, 5) is 10.4. The van der Waals surface area contributed by atoms with Gasteiger partial charge in [0.15, 0.2) is 0 Å². The lowest BCUT2D eigenvalue weighted by atomic mass is 10.4. The van der Waals surface area contributed by atoms with Gasteiger partial charge in [-0.2, -0.15) is 0 Å². The molecule has 0 aromatic heterocycles. The summed E-state index contributed by atoms with van der Waals surface area (Å²) >= 11 is 0. The second-order valence-electron chi connectivity index (χ2n) is 1.74. The minimum Gasteiger partial charge on any atom is -0.450 e. The molecule has 0 bridgehead atoms. The van der Waals surface area contributed by atoms with Gasteiger partial charge in [0.1, 0.15) is 0 Å². The zero-order valence-corrected chi connectivity index (χ0v) is 7.94. The summed E-state index contributed by atoms with van der Waals surface area (Å²) in [5, 5.41) is 2.36. The molecule has 68 valence electrons. The summed E-state index contributed by atoms with van der Waals surface area (Å²) in [7, 11) is 1.55. The van der Waals surface area contributed by atoms with Crippen molar-refractivity contribution in [3.05, 3.63) is 0 Å². The van der Waals surface area contributed by atoms with Crippen LogP contribution in [0.15, 0.2) is 0 Å². The first-order chi connectivity index (χ1) is 5.31. The topological polar surface area (TPSA) is 38.3 Å². The Labute approximate surface area is 69.1 Å². The first-order valence-corrected chi connectivity index (χ1v) is 4.15. The highest BCUT2D eigenvalue weighted by Crippen LogP contribution is 1.86. The van der Waals surface area contributed by atoms with Gasteiger partial charge in [-0.15, -0.1) is 0 Å². The molecule has 0 aliphatic heterocycles. The van der Waals surface area contributed by atoms with Crippen LogP contribution in [0.3, 0.4) is 0 Å². The molecule has 11 heavy (non-hydrogen) atoms. The molecule has 0 aromatic rings. The lowest BCUT2D eigenvalue weighted by Crippen LogP contribution is -2.19. The van der Waals surface area contributed by atoms with Crippen LogP contribution in [0.5, 0.6) is 0 Å². The van der Waals surface area contributed by atoms with Crippen molar-refractivity contribution in [2.75, 3.05) is 13.7 Å². The number of ether oxygens (including phenoxy) is 1. The molecule has 0 atom stereocenters. The summed E-state index contributed by atoms with van der Waals surface area (Å²) in [6, 6.07) is 0. The quantitative estimate of drug-likeness (QED) is 0.644. The highest BCUT2D eigenvalue weighted by Gasteiger charge is 1.93. The Kier molecular flexibility index (Phi) is 14.1. The van der Waals surface area contributed by atoms with E-state index in [1.807, 2.05) is 20.8 Å². The van der Waals surface area contributed by atoms with E-state index in [1.54, 1.807) is 7.05 Å². The van der Waals surface area contributed by atoms with Crippen LogP contribution in [-0.4, -0.2) is 19.7 Å². The molecule has 3 heteroatoms. The van der Waals surface area contributed by atoms with Gasteiger partial charge in [0.25, 0.3) is 0 Å². The lowest BCUT2D eigenvalue weighted by Gasteiger charge is -2.00. The molecule has 0 spiro atoms.